The fourth-order valence-corrected chi connectivity index (χ4v) is 6.20. The number of benzene rings is 1. The summed E-state index contributed by atoms with van der Waals surface area (Å²) in [7, 11) is 6.34. The van der Waals surface area contributed by atoms with Crippen molar-refractivity contribution in [3.8, 4) is 11.4 Å². The fourth-order valence-electron chi connectivity index (χ4n) is 6.20. The predicted octanol–water partition coefficient (Wildman–Crippen LogP) is 3.49. The molecular formula is C28H33N7O. The molecule has 0 radical (unpaired) electrons. The van der Waals surface area contributed by atoms with Crippen molar-refractivity contribution in [1.82, 2.24) is 29.7 Å². The molecule has 1 saturated heterocycles. The van der Waals surface area contributed by atoms with Crippen molar-refractivity contribution < 1.29 is 5.11 Å². The molecule has 1 unspecified atom stereocenters. The average Bonchev–Trinajstić information content (AvgIpc) is 3.44. The lowest BCUT2D eigenvalue weighted by molar-refractivity contribution is 0.0513. The molecule has 1 saturated carbocycles. The summed E-state index contributed by atoms with van der Waals surface area (Å²) in [6, 6.07) is 14.8. The van der Waals surface area contributed by atoms with Crippen LogP contribution in [0.5, 0.6) is 0 Å². The minimum atomic E-state index is -0.759. The van der Waals surface area contributed by atoms with Gasteiger partial charge in [0.15, 0.2) is 12.2 Å². The Kier molecular flexibility index (Phi) is 5.55. The molecule has 4 aromatic rings. The van der Waals surface area contributed by atoms with E-state index >= 15 is 0 Å². The van der Waals surface area contributed by atoms with Crippen LogP contribution in [-0.2, 0) is 12.6 Å². The first-order valence-electron chi connectivity index (χ1n) is 12.6. The van der Waals surface area contributed by atoms with Gasteiger partial charge >= 0.3 is 0 Å². The Bertz CT molecular complexity index is 1360. The normalized spacial score (nSPS) is 26.4. The number of rotatable bonds is 4. The monoisotopic (exact) mass is 483 g/mol. The molecule has 6 rings (SSSR count). The van der Waals surface area contributed by atoms with E-state index in [-0.39, 0.29) is 11.1 Å². The highest BCUT2D eigenvalue weighted by Crippen LogP contribution is 2.46. The molecule has 8 heteroatoms. The molecule has 1 aromatic carbocycles. The van der Waals surface area contributed by atoms with Gasteiger partial charge < -0.3 is 14.6 Å². The predicted molar refractivity (Wildman–Crippen MR) is 141 cm³/mol. The number of pyridine rings is 1. The number of anilines is 1. The lowest BCUT2D eigenvalue weighted by Crippen LogP contribution is -2.54. The SMILES string of the molecule is CN(C)C1(c2ccccc2)CCC2(CC1)CN(c1cnc(-c3ccnc4c3ccn4C)nc1)C(O)N2. The van der Waals surface area contributed by atoms with Gasteiger partial charge in [0.05, 0.1) is 18.1 Å². The molecule has 186 valence electrons. The number of hydrogen-bond donors (Lipinski definition) is 2. The minimum absolute atomic E-state index is 0.0185. The summed E-state index contributed by atoms with van der Waals surface area (Å²) in [5.41, 5.74) is 3.94. The molecule has 1 aliphatic heterocycles. The summed E-state index contributed by atoms with van der Waals surface area (Å²) in [6.45, 7) is 0.730. The van der Waals surface area contributed by atoms with Crippen LogP contribution in [-0.4, -0.2) is 62.1 Å². The summed E-state index contributed by atoms with van der Waals surface area (Å²) in [4.78, 5) is 18.2. The maximum Gasteiger partial charge on any atom is 0.184 e. The van der Waals surface area contributed by atoms with Gasteiger partial charge in [-0.05, 0) is 57.5 Å². The highest BCUT2D eigenvalue weighted by molar-refractivity contribution is 5.91. The van der Waals surface area contributed by atoms with Gasteiger partial charge in [-0.3, -0.25) is 10.2 Å². The van der Waals surface area contributed by atoms with Crippen molar-refractivity contribution >= 4 is 16.7 Å². The van der Waals surface area contributed by atoms with E-state index < -0.39 is 6.35 Å². The number of aryl methyl sites for hydroxylation is 1. The molecular weight excluding hydrogens is 450 g/mol. The van der Waals surface area contributed by atoms with E-state index in [1.807, 2.05) is 47.2 Å². The highest BCUT2D eigenvalue weighted by atomic mass is 16.3. The largest absolute Gasteiger partial charge is 0.361 e. The number of nitrogens with zero attached hydrogens (tertiary/aromatic N) is 6. The summed E-state index contributed by atoms with van der Waals surface area (Å²) >= 11 is 0. The van der Waals surface area contributed by atoms with Crippen LogP contribution in [0.2, 0.25) is 0 Å². The standard InChI is InChI=1S/C28H33N7O/c1-33(2)28(20-7-5-4-6-8-20)13-11-27(12-14-28)19-35(26(36)32-27)21-17-30-24(31-18-21)22-9-15-29-25-23(22)10-16-34(25)3/h4-10,15-18,26,32,36H,11-14,19H2,1-3H3. The van der Waals surface area contributed by atoms with Gasteiger partial charge in [-0.25, -0.2) is 15.0 Å². The first kappa shape index (κ1) is 23.1. The van der Waals surface area contributed by atoms with Crippen molar-refractivity contribution in [3.05, 3.63) is 72.8 Å². The lowest BCUT2D eigenvalue weighted by atomic mass is 9.69. The van der Waals surface area contributed by atoms with Crippen molar-refractivity contribution in [2.75, 3.05) is 25.5 Å². The Labute approximate surface area is 211 Å². The summed E-state index contributed by atoms with van der Waals surface area (Å²) in [6.07, 6.45) is 10.7. The molecule has 0 amide bonds. The second-order valence-corrected chi connectivity index (χ2v) is 10.5. The van der Waals surface area contributed by atoms with Crippen molar-refractivity contribution in [2.24, 2.45) is 7.05 Å². The molecule has 2 aliphatic rings. The number of hydrogen-bond acceptors (Lipinski definition) is 7. The summed E-state index contributed by atoms with van der Waals surface area (Å²) in [5.74, 6) is 0.657. The van der Waals surface area contributed by atoms with Gasteiger partial charge in [0.2, 0.25) is 0 Å². The Morgan fingerprint density at radius 1 is 0.972 bits per heavy atom. The molecule has 1 spiro atoms. The Balaban J connectivity index is 1.21. The van der Waals surface area contributed by atoms with E-state index in [0.717, 1.165) is 54.5 Å². The molecule has 1 aliphatic carbocycles. The molecule has 2 N–H and O–H groups in total. The quantitative estimate of drug-likeness (QED) is 0.460. The van der Waals surface area contributed by atoms with Crippen molar-refractivity contribution in [1.29, 1.82) is 0 Å². The number of aromatic nitrogens is 4. The highest BCUT2D eigenvalue weighted by Gasteiger charge is 2.50. The van der Waals surface area contributed by atoms with Gasteiger partial charge in [0, 0.05) is 48.0 Å². The number of aliphatic hydroxyl groups is 1. The van der Waals surface area contributed by atoms with E-state index in [0.29, 0.717) is 5.82 Å². The van der Waals surface area contributed by atoms with Gasteiger partial charge in [0.25, 0.3) is 0 Å². The zero-order chi connectivity index (χ0) is 24.9. The Morgan fingerprint density at radius 3 is 2.39 bits per heavy atom. The first-order chi connectivity index (χ1) is 17.4. The molecule has 0 bridgehead atoms. The second-order valence-electron chi connectivity index (χ2n) is 10.5. The summed E-state index contributed by atoms with van der Waals surface area (Å²) in [5, 5.41) is 15.5. The molecule has 36 heavy (non-hydrogen) atoms. The zero-order valence-electron chi connectivity index (χ0n) is 21.1. The molecule has 4 heterocycles. The smallest absolute Gasteiger partial charge is 0.184 e. The summed E-state index contributed by atoms with van der Waals surface area (Å²) < 4.78 is 1.99. The topological polar surface area (TPSA) is 82.3 Å². The third kappa shape index (κ3) is 3.68. The van der Waals surface area contributed by atoms with Gasteiger partial charge in [-0.2, -0.15) is 0 Å². The lowest BCUT2D eigenvalue weighted by Gasteiger charge is -2.49. The molecule has 1 atom stereocenters. The van der Waals surface area contributed by atoms with Crippen LogP contribution in [0.4, 0.5) is 5.69 Å². The van der Waals surface area contributed by atoms with E-state index in [9.17, 15) is 5.11 Å². The number of aliphatic hydroxyl groups excluding tert-OH is 1. The average molecular weight is 484 g/mol. The van der Waals surface area contributed by atoms with E-state index in [4.69, 9.17) is 0 Å². The van der Waals surface area contributed by atoms with Crippen LogP contribution in [0.1, 0.15) is 31.2 Å². The van der Waals surface area contributed by atoms with Crippen LogP contribution in [0.25, 0.3) is 22.4 Å². The van der Waals surface area contributed by atoms with Crippen LogP contribution in [0.3, 0.4) is 0 Å². The molecule has 2 fully saturated rings. The third-order valence-electron chi connectivity index (χ3n) is 8.38. The first-order valence-corrected chi connectivity index (χ1v) is 12.6. The van der Waals surface area contributed by atoms with Crippen LogP contribution in [0, 0.1) is 0 Å². The Hall–Kier alpha value is -3.33. The maximum absolute atomic E-state index is 11.0. The number of nitrogens with one attached hydrogen (secondary N) is 1. The minimum Gasteiger partial charge on any atom is -0.361 e. The van der Waals surface area contributed by atoms with Gasteiger partial charge in [0.1, 0.15) is 5.65 Å². The van der Waals surface area contributed by atoms with Gasteiger partial charge in [-0.15, -0.1) is 0 Å². The molecule has 3 aromatic heterocycles. The van der Waals surface area contributed by atoms with Crippen molar-refractivity contribution in [3.63, 3.8) is 0 Å². The van der Waals surface area contributed by atoms with Crippen LogP contribution < -0.4 is 10.2 Å². The number of fused-ring (bicyclic) bond motifs is 1. The Morgan fingerprint density at radius 2 is 1.69 bits per heavy atom. The van der Waals surface area contributed by atoms with Crippen LogP contribution in [0.15, 0.2) is 67.3 Å². The van der Waals surface area contributed by atoms with E-state index in [1.54, 1.807) is 6.20 Å². The fraction of sp³-hybridized carbons (Fsp3) is 0.393. The second kappa shape index (κ2) is 8.65. The zero-order valence-corrected chi connectivity index (χ0v) is 21.1. The van der Waals surface area contributed by atoms with E-state index in [1.165, 1.54) is 5.56 Å². The van der Waals surface area contributed by atoms with Crippen molar-refractivity contribution in [2.45, 2.75) is 43.1 Å². The third-order valence-corrected chi connectivity index (χ3v) is 8.38. The van der Waals surface area contributed by atoms with Gasteiger partial charge in [-0.1, -0.05) is 30.3 Å². The maximum atomic E-state index is 11.0. The van der Waals surface area contributed by atoms with Crippen LogP contribution >= 0.6 is 0 Å². The molecule has 8 nitrogen and oxygen atoms in total. The van der Waals surface area contributed by atoms with E-state index in [2.05, 4.69) is 69.6 Å².